The molecule has 0 aromatic rings. The SMILES string of the molecule is O=P(O)(O)OCC(O)CO.[Se]. The molecular formula is C3H9O6PSe. The van der Waals surface area contributed by atoms with Crippen LogP contribution in [-0.4, -0.2) is 56.4 Å². The second-order valence-electron chi connectivity index (χ2n) is 1.62. The summed E-state index contributed by atoms with van der Waals surface area (Å²) in [6.45, 7) is -1.15. The van der Waals surface area contributed by atoms with E-state index in [1.807, 2.05) is 0 Å². The van der Waals surface area contributed by atoms with Crippen molar-refractivity contribution in [2.45, 2.75) is 6.10 Å². The summed E-state index contributed by atoms with van der Waals surface area (Å²) in [4.78, 5) is 16.1. The average molecular weight is 251 g/mol. The van der Waals surface area contributed by atoms with Gasteiger partial charge in [-0.2, -0.15) is 0 Å². The quantitative estimate of drug-likeness (QED) is 0.342. The van der Waals surface area contributed by atoms with Gasteiger partial charge in [-0.15, -0.1) is 0 Å². The first-order valence-electron chi connectivity index (χ1n) is 2.44. The average Bonchev–Trinajstić information content (AvgIpc) is 1.81. The summed E-state index contributed by atoms with van der Waals surface area (Å²) in [7, 11) is -4.50. The molecule has 0 saturated carbocycles. The smallest absolute Gasteiger partial charge is 0.394 e. The predicted molar refractivity (Wildman–Crippen MR) is 36.8 cm³/mol. The maximum atomic E-state index is 9.93. The van der Waals surface area contributed by atoms with Crippen molar-refractivity contribution in [3.05, 3.63) is 0 Å². The maximum absolute atomic E-state index is 9.93. The summed E-state index contributed by atoms with van der Waals surface area (Å²) in [6.07, 6.45) is -1.24. The van der Waals surface area contributed by atoms with Gasteiger partial charge in [0.15, 0.2) is 0 Å². The number of phosphoric ester groups is 1. The van der Waals surface area contributed by atoms with Crippen molar-refractivity contribution < 1.29 is 29.1 Å². The minimum atomic E-state index is -4.50. The molecule has 0 aliphatic carbocycles. The van der Waals surface area contributed by atoms with Gasteiger partial charge in [-0.1, -0.05) is 0 Å². The first-order valence-corrected chi connectivity index (χ1v) is 3.98. The van der Waals surface area contributed by atoms with Gasteiger partial charge in [0.25, 0.3) is 0 Å². The molecule has 0 bridgehead atoms. The summed E-state index contributed by atoms with van der Waals surface area (Å²) in [6, 6.07) is 0. The third kappa shape index (κ3) is 10.5. The first kappa shape index (κ1) is 14.1. The molecule has 68 valence electrons. The molecule has 2 radical (unpaired) electrons. The molecule has 6 nitrogen and oxygen atoms in total. The van der Waals surface area contributed by atoms with E-state index >= 15 is 0 Å². The van der Waals surface area contributed by atoms with E-state index in [4.69, 9.17) is 20.0 Å². The van der Waals surface area contributed by atoms with Crippen LogP contribution in [0.4, 0.5) is 0 Å². The van der Waals surface area contributed by atoms with Crippen LogP contribution in [0.2, 0.25) is 0 Å². The van der Waals surface area contributed by atoms with Crippen molar-refractivity contribution in [3.63, 3.8) is 0 Å². The van der Waals surface area contributed by atoms with E-state index in [2.05, 4.69) is 4.52 Å². The molecular weight excluding hydrogens is 242 g/mol. The van der Waals surface area contributed by atoms with Crippen LogP contribution in [0.5, 0.6) is 0 Å². The van der Waals surface area contributed by atoms with Gasteiger partial charge in [-0.3, -0.25) is 4.52 Å². The Hall–Kier alpha value is 0.549. The Morgan fingerprint density at radius 2 is 1.91 bits per heavy atom. The number of phosphoric acid groups is 1. The summed E-state index contributed by atoms with van der Waals surface area (Å²) < 4.78 is 13.8. The van der Waals surface area contributed by atoms with Gasteiger partial charge >= 0.3 is 7.82 Å². The third-order valence-corrected chi connectivity index (χ3v) is 1.13. The van der Waals surface area contributed by atoms with Crippen LogP contribution in [-0.2, 0) is 9.09 Å². The fourth-order valence-corrected chi connectivity index (χ4v) is 0.602. The number of hydrogen-bond donors (Lipinski definition) is 4. The molecule has 8 heteroatoms. The number of rotatable bonds is 4. The van der Waals surface area contributed by atoms with Crippen LogP contribution in [0.25, 0.3) is 0 Å². The molecule has 0 aromatic heterocycles. The number of hydrogen-bond acceptors (Lipinski definition) is 4. The van der Waals surface area contributed by atoms with Gasteiger partial charge in [-0.05, 0) is 0 Å². The van der Waals surface area contributed by atoms with Crippen molar-refractivity contribution in [2.75, 3.05) is 13.2 Å². The molecule has 1 atom stereocenters. The second-order valence-corrected chi connectivity index (χ2v) is 2.86. The van der Waals surface area contributed by atoms with E-state index in [-0.39, 0.29) is 17.1 Å². The molecule has 4 N–H and O–H groups in total. The van der Waals surface area contributed by atoms with Crippen LogP contribution in [0, 0.1) is 0 Å². The molecule has 0 aromatic carbocycles. The van der Waals surface area contributed by atoms with Gasteiger partial charge < -0.3 is 20.0 Å². The summed E-state index contributed by atoms with van der Waals surface area (Å²) in [5, 5.41) is 16.7. The number of aliphatic hydroxyl groups excluding tert-OH is 2. The van der Waals surface area contributed by atoms with Crippen LogP contribution >= 0.6 is 7.82 Å². The van der Waals surface area contributed by atoms with E-state index in [1.54, 1.807) is 0 Å². The zero-order valence-electron chi connectivity index (χ0n) is 5.45. The van der Waals surface area contributed by atoms with Gasteiger partial charge in [0.2, 0.25) is 0 Å². The topological polar surface area (TPSA) is 107 Å². The summed E-state index contributed by atoms with van der Waals surface area (Å²) in [5.41, 5.74) is 0. The zero-order valence-corrected chi connectivity index (χ0v) is 8.06. The van der Waals surface area contributed by atoms with E-state index in [0.717, 1.165) is 0 Å². The fourth-order valence-electron chi connectivity index (χ4n) is 0.236. The maximum Gasteiger partial charge on any atom is 0.469 e. The van der Waals surface area contributed by atoms with Gasteiger partial charge in [0.1, 0.15) is 6.10 Å². The monoisotopic (exact) mass is 252 g/mol. The Bertz CT molecular complexity index is 134. The minimum absolute atomic E-state index is 0. The molecule has 0 amide bonds. The summed E-state index contributed by atoms with van der Waals surface area (Å²) in [5.74, 6) is 0. The van der Waals surface area contributed by atoms with Crippen molar-refractivity contribution >= 4 is 24.9 Å². The minimum Gasteiger partial charge on any atom is -0.394 e. The Kier molecular flexibility index (Phi) is 7.83. The standard InChI is InChI=1S/C3H9O6P.Se/c4-1-3(5)2-9-10(6,7)8;/h3-5H,1-2H2,(H2,6,7,8);. The van der Waals surface area contributed by atoms with Crippen LogP contribution in [0.3, 0.4) is 0 Å². The Morgan fingerprint density at radius 1 is 1.45 bits per heavy atom. The fraction of sp³-hybridized carbons (Fsp3) is 1.00. The molecule has 0 rings (SSSR count). The van der Waals surface area contributed by atoms with Gasteiger partial charge in [0.05, 0.1) is 13.2 Å². The normalized spacial score (nSPS) is 13.8. The molecule has 1 unspecified atom stereocenters. The molecule has 0 aliphatic rings. The summed E-state index contributed by atoms with van der Waals surface area (Å²) >= 11 is 0. The van der Waals surface area contributed by atoms with E-state index in [0.29, 0.717) is 0 Å². The van der Waals surface area contributed by atoms with Crippen molar-refractivity contribution in [1.82, 2.24) is 0 Å². The van der Waals surface area contributed by atoms with Gasteiger partial charge in [0, 0.05) is 17.1 Å². The molecule has 0 aliphatic heterocycles. The van der Waals surface area contributed by atoms with Gasteiger partial charge in [-0.25, -0.2) is 4.57 Å². The predicted octanol–water partition coefficient (Wildman–Crippen LogP) is -1.93. The Balaban J connectivity index is 0. The molecule has 0 saturated heterocycles. The number of aliphatic hydroxyl groups is 2. The van der Waals surface area contributed by atoms with Crippen molar-refractivity contribution in [2.24, 2.45) is 0 Å². The Labute approximate surface area is 73.9 Å². The molecule has 0 fully saturated rings. The van der Waals surface area contributed by atoms with Crippen molar-refractivity contribution in [1.29, 1.82) is 0 Å². The van der Waals surface area contributed by atoms with Crippen LogP contribution in [0.15, 0.2) is 0 Å². The molecule has 0 heterocycles. The zero-order chi connectivity index (χ0) is 8.20. The van der Waals surface area contributed by atoms with Crippen LogP contribution in [0.1, 0.15) is 0 Å². The molecule has 0 spiro atoms. The third-order valence-electron chi connectivity index (χ3n) is 0.646. The van der Waals surface area contributed by atoms with Crippen LogP contribution < -0.4 is 0 Å². The Morgan fingerprint density at radius 3 is 2.18 bits per heavy atom. The second kappa shape index (κ2) is 6.11. The van der Waals surface area contributed by atoms with E-state index in [1.165, 1.54) is 0 Å². The van der Waals surface area contributed by atoms with Crippen molar-refractivity contribution in [3.8, 4) is 0 Å². The van der Waals surface area contributed by atoms with E-state index < -0.39 is 27.1 Å². The largest absolute Gasteiger partial charge is 0.469 e. The first-order chi connectivity index (χ1) is 4.45. The van der Waals surface area contributed by atoms with E-state index in [9.17, 15) is 4.57 Å². The molecule has 11 heavy (non-hydrogen) atoms.